The molecule has 22 heavy (non-hydrogen) atoms. The summed E-state index contributed by atoms with van der Waals surface area (Å²) in [4.78, 5) is 12.2. The summed E-state index contributed by atoms with van der Waals surface area (Å²) in [7, 11) is -3.01. The first-order valence-electron chi connectivity index (χ1n) is 6.80. The van der Waals surface area contributed by atoms with Crippen molar-refractivity contribution in [1.29, 1.82) is 0 Å². The number of rotatable bonds is 3. The maximum atomic E-state index is 12.2. The monoisotopic (exact) mass is 321 g/mol. The number of hydrogen-bond donors (Lipinski definition) is 1. The molecular formula is C13H15N5O3S. The lowest BCUT2D eigenvalue weighted by molar-refractivity contribution is 0.0941. The molecule has 1 N–H and O–H groups in total. The third kappa shape index (κ3) is 2.98. The number of tetrazole rings is 1. The maximum absolute atomic E-state index is 12.2. The molecule has 3 rings (SSSR count). The van der Waals surface area contributed by atoms with Crippen LogP contribution in [0.4, 0.5) is 0 Å². The Balaban J connectivity index is 1.75. The Labute approximate surface area is 127 Å². The van der Waals surface area contributed by atoms with E-state index in [9.17, 15) is 13.2 Å². The Bertz CT molecular complexity index is 801. The van der Waals surface area contributed by atoms with Crippen molar-refractivity contribution in [2.75, 3.05) is 11.5 Å². The van der Waals surface area contributed by atoms with Gasteiger partial charge in [-0.2, -0.15) is 0 Å². The number of carbonyl (C=O) groups excluding carboxylic acids is 1. The predicted octanol–water partition coefficient (Wildman–Crippen LogP) is -0.112. The number of aromatic nitrogens is 4. The maximum Gasteiger partial charge on any atom is 0.251 e. The van der Waals surface area contributed by atoms with Gasteiger partial charge in [-0.1, -0.05) is 0 Å². The highest BCUT2D eigenvalue weighted by Crippen LogP contribution is 2.16. The van der Waals surface area contributed by atoms with Crippen LogP contribution in [0.25, 0.3) is 5.69 Å². The van der Waals surface area contributed by atoms with Gasteiger partial charge in [0.05, 0.1) is 17.2 Å². The van der Waals surface area contributed by atoms with Gasteiger partial charge in [0.2, 0.25) is 0 Å². The van der Waals surface area contributed by atoms with Crippen LogP contribution in [0.5, 0.6) is 0 Å². The minimum atomic E-state index is -3.01. The van der Waals surface area contributed by atoms with Gasteiger partial charge in [0, 0.05) is 11.6 Å². The predicted molar refractivity (Wildman–Crippen MR) is 78.4 cm³/mol. The third-order valence-corrected chi connectivity index (χ3v) is 5.39. The molecule has 1 aromatic heterocycles. The highest BCUT2D eigenvalue weighted by atomic mass is 32.2. The summed E-state index contributed by atoms with van der Waals surface area (Å²) in [5.41, 5.74) is 2.11. The summed E-state index contributed by atoms with van der Waals surface area (Å²) >= 11 is 0. The van der Waals surface area contributed by atoms with E-state index in [4.69, 9.17) is 0 Å². The normalized spacial score (nSPS) is 20.0. The Hall–Kier alpha value is -2.29. The van der Waals surface area contributed by atoms with Crippen LogP contribution in [0.1, 0.15) is 22.3 Å². The van der Waals surface area contributed by atoms with E-state index < -0.39 is 9.84 Å². The topological polar surface area (TPSA) is 107 Å². The van der Waals surface area contributed by atoms with Crippen molar-refractivity contribution in [3.8, 4) is 5.69 Å². The lowest BCUT2D eigenvalue weighted by atomic mass is 10.1. The molecule has 8 nitrogen and oxygen atoms in total. The number of carbonyl (C=O) groups is 1. The van der Waals surface area contributed by atoms with Crippen molar-refractivity contribution in [3.05, 3.63) is 35.7 Å². The Morgan fingerprint density at radius 1 is 1.41 bits per heavy atom. The van der Waals surface area contributed by atoms with E-state index in [1.165, 1.54) is 11.0 Å². The molecule has 0 saturated carbocycles. The average Bonchev–Trinajstić information content (AvgIpc) is 3.08. The number of aryl methyl sites for hydroxylation is 1. The van der Waals surface area contributed by atoms with Crippen LogP contribution in [0.2, 0.25) is 0 Å². The van der Waals surface area contributed by atoms with E-state index in [2.05, 4.69) is 20.8 Å². The van der Waals surface area contributed by atoms with Crippen LogP contribution in [-0.2, 0) is 9.84 Å². The van der Waals surface area contributed by atoms with Gasteiger partial charge in [0.15, 0.2) is 9.84 Å². The van der Waals surface area contributed by atoms with Gasteiger partial charge in [-0.3, -0.25) is 4.79 Å². The van der Waals surface area contributed by atoms with Crippen molar-refractivity contribution in [1.82, 2.24) is 25.5 Å². The Morgan fingerprint density at radius 3 is 2.82 bits per heavy atom. The number of nitrogens with one attached hydrogen (secondary N) is 1. The summed E-state index contributed by atoms with van der Waals surface area (Å²) in [5, 5.41) is 13.7. The highest BCUT2D eigenvalue weighted by molar-refractivity contribution is 7.91. The molecule has 0 bridgehead atoms. The first-order valence-corrected chi connectivity index (χ1v) is 8.62. The molecule has 9 heteroatoms. The summed E-state index contributed by atoms with van der Waals surface area (Å²) in [6.45, 7) is 1.85. The van der Waals surface area contributed by atoms with Crippen LogP contribution >= 0.6 is 0 Å². The summed E-state index contributed by atoms with van der Waals surface area (Å²) in [5.74, 6) is -0.121. The van der Waals surface area contributed by atoms with Gasteiger partial charge in [-0.15, -0.1) is 5.10 Å². The number of amides is 1. The molecule has 0 spiro atoms. The van der Waals surface area contributed by atoms with Gasteiger partial charge in [-0.25, -0.2) is 13.1 Å². The van der Waals surface area contributed by atoms with E-state index in [0.29, 0.717) is 12.0 Å². The molecule has 0 aliphatic carbocycles. The minimum Gasteiger partial charge on any atom is -0.348 e. The van der Waals surface area contributed by atoms with Gasteiger partial charge in [0.1, 0.15) is 6.33 Å². The molecule has 2 aromatic rings. The summed E-state index contributed by atoms with van der Waals surface area (Å²) < 4.78 is 24.3. The van der Waals surface area contributed by atoms with Gasteiger partial charge in [-0.05, 0) is 47.5 Å². The van der Waals surface area contributed by atoms with Crippen LogP contribution < -0.4 is 5.32 Å². The molecule has 1 fully saturated rings. The van der Waals surface area contributed by atoms with Crippen molar-refractivity contribution in [2.24, 2.45) is 0 Å². The molecule has 1 aromatic carbocycles. The number of hydrogen-bond acceptors (Lipinski definition) is 6. The molecular weight excluding hydrogens is 306 g/mol. The third-order valence-electron chi connectivity index (χ3n) is 3.62. The van der Waals surface area contributed by atoms with E-state index in [0.717, 1.165) is 11.3 Å². The smallest absolute Gasteiger partial charge is 0.251 e. The van der Waals surface area contributed by atoms with Crippen molar-refractivity contribution >= 4 is 15.7 Å². The van der Waals surface area contributed by atoms with E-state index in [-0.39, 0.29) is 23.5 Å². The van der Waals surface area contributed by atoms with E-state index in [1.54, 1.807) is 18.2 Å². The lowest BCUT2D eigenvalue weighted by Crippen LogP contribution is -2.35. The highest BCUT2D eigenvalue weighted by Gasteiger charge is 2.29. The fraction of sp³-hybridized carbons (Fsp3) is 0.385. The van der Waals surface area contributed by atoms with Crippen LogP contribution in [0, 0.1) is 6.92 Å². The fourth-order valence-corrected chi connectivity index (χ4v) is 4.18. The molecule has 1 atom stereocenters. The van der Waals surface area contributed by atoms with E-state index >= 15 is 0 Å². The van der Waals surface area contributed by atoms with Crippen molar-refractivity contribution in [3.63, 3.8) is 0 Å². The zero-order chi connectivity index (χ0) is 15.7. The first-order chi connectivity index (χ1) is 10.4. The summed E-state index contributed by atoms with van der Waals surface area (Å²) in [6.07, 6.45) is 1.95. The van der Waals surface area contributed by atoms with Crippen LogP contribution in [0.15, 0.2) is 24.5 Å². The molecule has 1 aliphatic heterocycles. The SMILES string of the molecule is Cc1cc(C(=O)N[C@@H]2CCS(=O)(=O)C2)ccc1-n1cnnn1. The van der Waals surface area contributed by atoms with Gasteiger partial charge >= 0.3 is 0 Å². The van der Waals surface area contributed by atoms with E-state index in [1.807, 2.05) is 6.92 Å². The summed E-state index contributed by atoms with van der Waals surface area (Å²) in [6, 6.07) is 4.85. The molecule has 1 aliphatic rings. The van der Waals surface area contributed by atoms with Crippen molar-refractivity contribution in [2.45, 2.75) is 19.4 Å². The van der Waals surface area contributed by atoms with Crippen LogP contribution in [-0.4, -0.2) is 52.1 Å². The van der Waals surface area contributed by atoms with Gasteiger partial charge < -0.3 is 5.32 Å². The molecule has 1 amide bonds. The molecule has 0 radical (unpaired) electrons. The quantitative estimate of drug-likeness (QED) is 0.845. The molecule has 2 heterocycles. The number of nitrogens with zero attached hydrogens (tertiary/aromatic N) is 4. The van der Waals surface area contributed by atoms with Crippen molar-refractivity contribution < 1.29 is 13.2 Å². The zero-order valence-electron chi connectivity index (χ0n) is 11.9. The standard InChI is InChI=1S/C13H15N5O3S/c1-9-6-10(2-3-12(9)18-8-14-16-17-18)13(19)15-11-4-5-22(20,21)7-11/h2-3,6,8,11H,4-5,7H2,1H3,(H,15,19)/t11-/m1/s1. The minimum absolute atomic E-state index is 0.0143. The second-order valence-corrected chi connectivity index (χ2v) is 7.56. The zero-order valence-corrected chi connectivity index (χ0v) is 12.7. The fourth-order valence-electron chi connectivity index (χ4n) is 2.50. The largest absolute Gasteiger partial charge is 0.348 e. The van der Waals surface area contributed by atoms with Crippen LogP contribution in [0.3, 0.4) is 0 Å². The second kappa shape index (κ2) is 5.48. The first kappa shape index (κ1) is 14.6. The van der Waals surface area contributed by atoms with Gasteiger partial charge in [0.25, 0.3) is 5.91 Å². The average molecular weight is 321 g/mol. The Morgan fingerprint density at radius 2 is 2.23 bits per heavy atom. The Kier molecular flexibility index (Phi) is 3.65. The number of sulfone groups is 1. The lowest BCUT2D eigenvalue weighted by Gasteiger charge is -2.12. The molecule has 0 unspecified atom stereocenters. The molecule has 116 valence electrons. The number of benzene rings is 1. The second-order valence-electron chi connectivity index (χ2n) is 5.33. The molecule has 1 saturated heterocycles.